The molecular weight excluding hydrogens is 381 g/mol. The van der Waals surface area contributed by atoms with E-state index >= 15 is 0 Å². The van der Waals surface area contributed by atoms with Crippen LogP contribution in [-0.2, 0) is 12.8 Å². The van der Waals surface area contributed by atoms with Crippen LogP contribution in [0.5, 0.6) is 0 Å². The molecule has 2 aromatic carbocycles. The van der Waals surface area contributed by atoms with Gasteiger partial charge in [-0.2, -0.15) is 0 Å². The van der Waals surface area contributed by atoms with Gasteiger partial charge < -0.3 is 9.80 Å². The van der Waals surface area contributed by atoms with Crippen molar-refractivity contribution < 1.29 is 0 Å². The molecule has 0 radical (unpaired) electrons. The lowest BCUT2D eigenvalue weighted by atomic mass is 10.0. The highest BCUT2D eigenvalue weighted by atomic mass is 125. The van der Waals surface area contributed by atoms with Crippen LogP contribution in [-0.4, -0.2) is 32.1 Å². The van der Waals surface area contributed by atoms with E-state index in [4.69, 9.17) is 0 Å². The number of halogens is 1. The first-order chi connectivity index (χ1) is 10.6. The van der Waals surface area contributed by atoms with Crippen LogP contribution in [0.4, 0.5) is 11.4 Å². The second-order valence-corrected chi connectivity index (χ2v) is 7.46. The Morgan fingerprint density at radius 3 is 2.55 bits per heavy atom. The molecule has 0 amide bonds. The van der Waals surface area contributed by atoms with Crippen molar-refractivity contribution in [3.8, 4) is 0 Å². The van der Waals surface area contributed by atoms with Crippen LogP contribution in [0.1, 0.15) is 17.5 Å². The molecule has 2 aromatic rings. The number of hydrogen-bond donors (Lipinski definition) is 0. The zero-order valence-electron chi connectivity index (χ0n) is 13.3. The average Bonchev–Trinajstić information content (AvgIpc) is 2.64. The van der Waals surface area contributed by atoms with Crippen molar-refractivity contribution in [1.82, 2.24) is 4.90 Å². The largest absolute Gasteiger partial charge is 0.341 e. The van der Waals surface area contributed by atoms with Gasteiger partial charge in [0.1, 0.15) is 0 Å². The number of hydrogen-bond acceptors (Lipinski definition) is 2. The van der Waals surface area contributed by atoms with Crippen LogP contribution in [0.2, 0.25) is 0 Å². The molecule has 22 heavy (non-hydrogen) atoms. The van der Waals surface area contributed by atoms with E-state index in [2.05, 4.69) is 89.0 Å². The summed E-state index contributed by atoms with van der Waals surface area (Å²) in [5, 5.41) is 0. The molecule has 0 aliphatic carbocycles. The first kappa shape index (κ1) is 15.8. The first-order valence-corrected chi connectivity index (χ1v) is 9.01. The summed E-state index contributed by atoms with van der Waals surface area (Å²) in [4.78, 5) is 4.79. The minimum atomic E-state index is 1.07. The lowest BCUT2D eigenvalue weighted by Crippen LogP contribution is -2.24. The topological polar surface area (TPSA) is 6.48 Å². The fourth-order valence-corrected chi connectivity index (χ4v) is 3.74. The Kier molecular flexibility index (Phi) is 5.03. The van der Waals surface area contributed by atoms with Crippen molar-refractivity contribution in [1.29, 1.82) is 0 Å². The Hall–Kier alpha value is -1.07. The van der Waals surface area contributed by atoms with E-state index in [0.29, 0.717) is 0 Å². The second-order valence-electron chi connectivity index (χ2n) is 6.21. The Bertz CT molecular complexity index is 652. The van der Waals surface area contributed by atoms with E-state index in [-0.39, 0.29) is 0 Å². The fourth-order valence-electron chi connectivity index (χ4n) is 3.19. The maximum absolute atomic E-state index is 2.53. The smallest absolute Gasteiger partial charge is 0.0444 e. The Morgan fingerprint density at radius 1 is 1.00 bits per heavy atom. The van der Waals surface area contributed by atoms with Gasteiger partial charge in [-0.15, -0.1) is 0 Å². The minimum Gasteiger partial charge on any atom is -0.341 e. The zero-order valence-corrected chi connectivity index (χ0v) is 15.5. The van der Waals surface area contributed by atoms with Gasteiger partial charge in [-0.3, -0.25) is 0 Å². The third kappa shape index (κ3) is 3.46. The fraction of sp³-hybridized carbons (Fsp3) is 0.368. The average molecular weight is 404 g/mol. The van der Waals surface area contributed by atoms with Crippen molar-refractivity contribution in [3.05, 3.63) is 57.2 Å². The van der Waals surface area contributed by atoms with E-state index < -0.39 is 0 Å². The maximum atomic E-state index is 2.53. The first-order valence-electron chi connectivity index (χ1n) is 7.94. The summed E-state index contributed by atoms with van der Waals surface area (Å²) in [5.41, 5.74) is 5.73. The van der Waals surface area contributed by atoms with E-state index in [1.54, 1.807) is 0 Å². The van der Waals surface area contributed by atoms with Gasteiger partial charge in [-0.25, -0.2) is 0 Å². The summed E-state index contributed by atoms with van der Waals surface area (Å²) in [7, 11) is 4.29. The van der Waals surface area contributed by atoms with Crippen LogP contribution in [0, 0.1) is 3.57 Å². The summed E-state index contributed by atoms with van der Waals surface area (Å²) >= 11 is 2.42. The third-order valence-electron chi connectivity index (χ3n) is 4.27. The Morgan fingerprint density at radius 2 is 1.73 bits per heavy atom. The van der Waals surface area contributed by atoms with Crippen molar-refractivity contribution in [3.63, 3.8) is 0 Å². The van der Waals surface area contributed by atoms with Crippen molar-refractivity contribution in [2.45, 2.75) is 19.3 Å². The summed E-state index contributed by atoms with van der Waals surface area (Å²) in [6.07, 6.45) is 3.44. The number of para-hydroxylation sites is 1. The SMILES string of the molecule is CN(C)CCCN1c2ccccc2CCc2cc([125I])ccc21. The van der Waals surface area contributed by atoms with E-state index in [9.17, 15) is 0 Å². The molecule has 0 spiro atoms. The van der Waals surface area contributed by atoms with Crippen LogP contribution >= 0.6 is 22.6 Å². The predicted octanol–water partition coefficient (Wildman–Crippen LogP) is 4.48. The second kappa shape index (κ2) is 7.01. The van der Waals surface area contributed by atoms with E-state index in [1.165, 1.54) is 32.5 Å². The summed E-state index contributed by atoms with van der Waals surface area (Å²) in [5.74, 6) is 0. The molecular formula is C19H23IN2. The maximum Gasteiger partial charge on any atom is 0.0444 e. The van der Waals surface area contributed by atoms with E-state index in [0.717, 1.165) is 25.9 Å². The lowest BCUT2D eigenvalue weighted by molar-refractivity contribution is 0.402. The van der Waals surface area contributed by atoms with Gasteiger partial charge >= 0.3 is 0 Å². The summed E-state index contributed by atoms with van der Waals surface area (Å²) in [6.45, 7) is 2.20. The van der Waals surface area contributed by atoms with Gasteiger partial charge in [0.05, 0.1) is 0 Å². The lowest BCUT2D eigenvalue weighted by Gasteiger charge is -2.27. The highest BCUT2D eigenvalue weighted by Crippen LogP contribution is 2.36. The van der Waals surface area contributed by atoms with Crippen molar-refractivity contribution in [2.75, 3.05) is 32.1 Å². The zero-order chi connectivity index (χ0) is 15.5. The number of anilines is 2. The molecule has 0 saturated heterocycles. The molecule has 1 aliphatic heterocycles. The monoisotopic (exact) mass is 404 g/mol. The van der Waals surface area contributed by atoms with Crippen LogP contribution in [0.15, 0.2) is 42.5 Å². The number of benzene rings is 2. The summed E-state index contributed by atoms with van der Waals surface area (Å²) in [6, 6.07) is 15.8. The number of aryl methyl sites for hydroxylation is 2. The Labute approximate surface area is 147 Å². The van der Waals surface area contributed by atoms with Gasteiger partial charge in [0.2, 0.25) is 0 Å². The normalized spacial score (nSPS) is 13.7. The predicted molar refractivity (Wildman–Crippen MR) is 103 cm³/mol. The molecule has 3 heteroatoms. The van der Waals surface area contributed by atoms with E-state index in [1.807, 2.05) is 0 Å². The van der Waals surface area contributed by atoms with Gasteiger partial charge in [0.25, 0.3) is 0 Å². The Balaban J connectivity index is 1.97. The molecule has 0 N–H and O–H groups in total. The molecule has 0 atom stereocenters. The van der Waals surface area contributed by atoms with Gasteiger partial charge in [-0.1, -0.05) is 18.2 Å². The molecule has 0 aromatic heterocycles. The molecule has 1 aliphatic rings. The minimum absolute atomic E-state index is 1.07. The quantitative estimate of drug-likeness (QED) is 0.694. The van der Waals surface area contributed by atoms with Crippen molar-refractivity contribution >= 4 is 34.0 Å². The number of rotatable bonds is 4. The number of fused-ring (bicyclic) bond motifs is 2. The molecule has 0 unspecified atom stereocenters. The molecule has 0 bridgehead atoms. The third-order valence-corrected chi connectivity index (χ3v) is 4.94. The summed E-state index contributed by atoms with van der Waals surface area (Å²) < 4.78 is 1.33. The molecule has 3 rings (SSSR count). The van der Waals surface area contributed by atoms with Gasteiger partial charge in [0, 0.05) is 21.5 Å². The van der Waals surface area contributed by atoms with Crippen LogP contribution in [0.25, 0.3) is 0 Å². The molecule has 116 valence electrons. The standard InChI is InChI=1S/C19H23IN2/c1-21(2)12-5-13-22-18-7-4-3-6-15(18)8-9-16-14-17(20)10-11-19(16)22/h3-4,6-7,10-11,14H,5,8-9,12-13H2,1-2H3/i20-2. The van der Waals surface area contributed by atoms with Gasteiger partial charge in [-0.05, 0) is 97.9 Å². The molecule has 0 fully saturated rings. The number of nitrogens with zero attached hydrogens (tertiary/aromatic N) is 2. The molecule has 0 saturated carbocycles. The van der Waals surface area contributed by atoms with Crippen LogP contribution < -0.4 is 4.90 Å². The van der Waals surface area contributed by atoms with Gasteiger partial charge in [0.15, 0.2) is 0 Å². The molecule has 2 nitrogen and oxygen atoms in total. The highest BCUT2D eigenvalue weighted by Gasteiger charge is 2.20. The highest BCUT2D eigenvalue weighted by molar-refractivity contribution is 14.1. The van der Waals surface area contributed by atoms with Crippen molar-refractivity contribution in [2.24, 2.45) is 0 Å². The van der Waals surface area contributed by atoms with Crippen LogP contribution in [0.3, 0.4) is 0 Å². The molecule has 1 heterocycles.